The molecular weight excluding hydrogens is 752 g/mol. The van der Waals surface area contributed by atoms with Crippen molar-refractivity contribution in [2.45, 2.75) is 108 Å². The SMILES string of the molecule is CC/C=C\C/C=C\C/C=C\CCCCCCCC(=O)O.OCC(O)CO.OCC(O)CO.OCC(O)CO.OCC(O)CO.OCC(O)CO.OCC(O)CO. The van der Waals surface area contributed by atoms with E-state index < -0.39 is 42.6 Å². The number of hydrogen-bond donors (Lipinski definition) is 19. The molecule has 0 fully saturated rings. The van der Waals surface area contributed by atoms with E-state index in [9.17, 15) is 4.79 Å². The fraction of sp³-hybridized carbons (Fsp3) is 0.806. The van der Waals surface area contributed by atoms with E-state index in [0.717, 1.165) is 44.9 Å². The first-order valence-electron chi connectivity index (χ1n) is 18.2. The highest BCUT2D eigenvalue weighted by Crippen LogP contribution is 2.07. The van der Waals surface area contributed by atoms with Gasteiger partial charge in [-0.15, -0.1) is 0 Å². The van der Waals surface area contributed by atoms with Gasteiger partial charge in [0.2, 0.25) is 0 Å². The summed E-state index contributed by atoms with van der Waals surface area (Å²) in [4.78, 5) is 10.3. The van der Waals surface area contributed by atoms with Crippen molar-refractivity contribution in [1.29, 1.82) is 0 Å². The number of aliphatic hydroxyl groups is 18. The monoisotopic (exact) mass is 831 g/mol. The maximum Gasteiger partial charge on any atom is 0.303 e. The fourth-order valence-electron chi connectivity index (χ4n) is 2.24. The molecule has 0 spiro atoms. The van der Waals surface area contributed by atoms with E-state index in [1.807, 2.05) is 0 Å². The average molecular weight is 831 g/mol. The molecule has 0 aromatic rings. The van der Waals surface area contributed by atoms with Crippen LogP contribution in [0.2, 0.25) is 0 Å². The standard InChI is InChI=1S/C18H30O2.6C3H8O3/c1-2-3-4-5-6-7-8-9-10-11-12-13-14-15-16-17-18(19)20;6*4-1-3(6)2-5/h3-4,6-7,9-10H,2,5,8,11-17H2,1H3,(H,19,20);6*3-6H,1-2H2/b4-3-,7-6-,10-9-;;;;;;. The first-order chi connectivity index (χ1) is 26.6. The maximum atomic E-state index is 10.3. The molecule has 0 saturated heterocycles. The number of carbonyl (C=O) groups is 1. The lowest BCUT2D eigenvalue weighted by Crippen LogP contribution is -2.15. The molecule has 19 N–H and O–H groups in total. The molecular formula is C36H78O20. The Hall–Kier alpha value is -2.03. The summed E-state index contributed by atoms with van der Waals surface area (Å²) >= 11 is 0. The highest BCUT2D eigenvalue weighted by atomic mass is 16.4. The van der Waals surface area contributed by atoms with E-state index >= 15 is 0 Å². The molecule has 0 amide bonds. The lowest BCUT2D eigenvalue weighted by Gasteiger charge is -1.98. The van der Waals surface area contributed by atoms with Crippen molar-refractivity contribution in [2.75, 3.05) is 79.3 Å². The van der Waals surface area contributed by atoms with Crippen LogP contribution in [0.15, 0.2) is 36.5 Å². The summed E-state index contributed by atoms with van der Waals surface area (Å²) in [6.07, 6.45) is 17.7. The minimum absolute atomic E-state index is 0.319. The summed E-state index contributed by atoms with van der Waals surface area (Å²) in [7, 11) is 0. The Morgan fingerprint density at radius 1 is 0.375 bits per heavy atom. The Balaban J connectivity index is -0.000000111. The lowest BCUT2D eigenvalue weighted by atomic mass is 10.1. The van der Waals surface area contributed by atoms with Crippen molar-refractivity contribution in [1.82, 2.24) is 0 Å². The molecule has 0 aromatic heterocycles. The van der Waals surface area contributed by atoms with Gasteiger partial charge in [0.05, 0.1) is 79.3 Å². The Labute approximate surface area is 331 Å². The number of allylic oxidation sites excluding steroid dienone is 6. The van der Waals surface area contributed by atoms with E-state index in [0.29, 0.717) is 6.42 Å². The Morgan fingerprint density at radius 2 is 0.607 bits per heavy atom. The zero-order chi connectivity index (χ0) is 44.8. The Bertz CT molecular complexity index is 659. The summed E-state index contributed by atoms with van der Waals surface area (Å²) in [5, 5.41) is 153. The van der Waals surface area contributed by atoms with Gasteiger partial charge >= 0.3 is 5.97 Å². The van der Waals surface area contributed by atoms with Gasteiger partial charge < -0.3 is 97.0 Å². The van der Waals surface area contributed by atoms with Crippen molar-refractivity contribution in [2.24, 2.45) is 0 Å². The zero-order valence-corrected chi connectivity index (χ0v) is 32.9. The second-order valence-corrected chi connectivity index (χ2v) is 11.1. The van der Waals surface area contributed by atoms with Gasteiger partial charge in [0.1, 0.15) is 36.6 Å². The lowest BCUT2D eigenvalue weighted by molar-refractivity contribution is -0.137. The second kappa shape index (κ2) is 64.8. The molecule has 0 aromatic carbocycles. The van der Waals surface area contributed by atoms with E-state index in [2.05, 4.69) is 43.4 Å². The fourth-order valence-corrected chi connectivity index (χ4v) is 2.24. The van der Waals surface area contributed by atoms with Crippen molar-refractivity contribution < 1.29 is 102 Å². The molecule has 0 rings (SSSR count). The third kappa shape index (κ3) is 88.9. The predicted molar refractivity (Wildman–Crippen MR) is 208 cm³/mol. The van der Waals surface area contributed by atoms with Crippen LogP contribution in [0, 0.1) is 0 Å². The van der Waals surface area contributed by atoms with Gasteiger partial charge in [-0.25, -0.2) is 0 Å². The third-order valence-corrected chi connectivity index (χ3v) is 5.57. The molecule has 0 heterocycles. The Kier molecular flexibility index (Phi) is 79.5. The largest absolute Gasteiger partial charge is 0.481 e. The smallest absolute Gasteiger partial charge is 0.303 e. The van der Waals surface area contributed by atoms with Gasteiger partial charge in [-0.1, -0.05) is 62.6 Å². The van der Waals surface area contributed by atoms with Crippen LogP contribution in [0.25, 0.3) is 0 Å². The molecule has 342 valence electrons. The van der Waals surface area contributed by atoms with Gasteiger partial charge in [-0.3, -0.25) is 4.79 Å². The second-order valence-electron chi connectivity index (χ2n) is 11.1. The van der Waals surface area contributed by atoms with Gasteiger partial charge in [-0.05, 0) is 38.5 Å². The summed E-state index contributed by atoms with van der Waals surface area (Å²) < 4.78 is 0. The minimum Gasteiger partial charge on any atom is -0.481 e. The van der Waals surface area contributed by atoms with Gasteiger partial charge in [0.15, 0.2) is 0 Å². The molecule has 0 radical (unpaired) electrons. The van der Waals surface area contributed by atoms with Crippen molar-refractivity contribution in [3.63, 3.8) is 0 Å². The molecule has 0 aliphatic carbocycles. The number of carboxylic acids is 1. The Morgan fingerprint density at radius 3 is 0.839 bits per heavy atom. The van der Waals surface area contributed by atoms with Crippen molar-refractivity contribution >= 4 is 5.97 Å². The van der Waals surface area contributed by atoms with Crippen LogP contribution in [-0.4, -0.2) is 219 Å². The predicted octanol–water partition coefficient (Wildman–Crippen LogP) is -4.35. The summed E-state index contributed by atoms with van der Waals surface area (Å²) in [6, 6.07) is 0. The summed E-state index contributed by atoms with van der Waals surface area (Å²) in [5.41, 5.74) is 0. The van der Waals surface area contributed by atoms with Crippen LogP contribution >= 0.6 is 0 Å². The number of carboxylic acid groups (broad SMARTS) is 1. The number of aliphatic carboxylic acids is 1. The number of aliphatic hydroxyl groups excluding tert-OH is 18. The van der Waals surface area contributed by atoms with Crippen LogP contribution < -0.4 is 0 Å². The van der Waals surface area contributed by atoms with Gasteiger partial charge in [-0.2, -0.15) is 0 Å². The van der Waals surface area contributed by atoms with Crippen LogP contribution in [0.1, 0.15) is 71.1 Å². The quantitative estimate of drug-likeness (QED) is 0.0305. The van der Waals surface area contributed by atoms with Crippen molar-refractivity contribution in [3.05, 3.63) is 36.5 Å². The molecule has 20 nitrogen and oxygen atoms in total. The molecule has 20 heteroatoms. The first kappa shape index (κ1) is 68.6. The van der Waals surface area contributed by atoms with Crippen molar-refractivity contribution in [3.8, 4) is 0 Å². The third-order valence-electron chi connectivity index (χ3n) is 5.57. The average Bonchev–Trinajstić information content (AvgIpc) is 3.24. The number of hydrogen-bond acceptors (Lipinski definition) is 19. The van der Waals surface area contributed by atoms with E-state index in [1.54, 1.807) is 0 Å². The van der Waals surface area contributed by atoms with Gasteiger partial charge in [0, 0.05) is 6.42 Å². The molecule has 0 unspecified atom stereocenters. The van der Waals surface area contributed by atoms with Crippen LogP contribution in [0.5, 0.6) is 0 Å². The molecule has 0 bridgehead atoms. The van der Waals surface area contributed by atoms with Crippen LogP contribution in [-0.2, 0) is 4.79 Å². The highest BCUT2D eigenvalue weighted by molar-refractivity contribution is 5.66. The zero-order valence-electron chi connectivity index (χ0n) is 32.9. The van der Waals surface area contributed by atoms with Crippen LogP contribution in [0.3, 0.4) is 0 Å². The molecule has 0 atom stereocenters. The molecule has 0 aliphatic rings. The first-order valence-corrected chi connectivity index (χ1v) is 18.2. The van der Waals surface area contributed by atoms with Crippen LogP contribution in [0.4, 0.5) is 0 Å². The number of rotatable bonds is 25. The molecule has 0 saturated carbocycles. The highest BCUT2D eigenvalue weighted by Gasteiger charge is 1.97. The van der Waals surface area contributed by atoms with E-state index in [1.165, 1.54) is 12.8 Å². The normalized spacial score (nSPS) is 10.7. The summed E-state index contributed by atoms with van der Waals surface area (Å²) in [6.45, 7) is -2.23. The molecule has 0 aliphatic heterocycles. The maximum absolute atomic E-state index is 10.3. The van der Waals surface area contributed by atoms with E-state index in [4.69, 9.17) is 97.0 Å². The molecule has 56 heavy (non-hydrogen) atoms. The van der Waals surface area contributed by atoms with Gasteiger partial charge in [0.25, 0.3) is 0 Å². The topological polar surface area (TPSA) is 401 Å². The summed E-state index contributed by atoms with van der Waals surface area (Å²) in [5.74, 6) is -0.675. The van der Waals surface area contributed by atoms with E-state index in [-0.39, 0.29) is 79.3 Å². The minimum atomic E-state index is -0.954. The number of unbranched alkanes of at least 4 members (excludes halogenated alkanes) is 5.